The molecule has 3 N–H and O–H groups in total. The van der Waals surface area contributed by atoms with Crippen molar-refractivity contribution in [1.82, 2.24) is 5.43 Å². The third-order valence-corrected chi connectivity index (χ3v) is 3.36. The van der Waals surface area contributed by atoms with Crippen LogP contribution in [-0.4, -0.2) is 5.11 Å². The van der Waals surface area contributed by atoms with E-state index in [9.17, 15) is 13.2 Å². The van der Waals surface area contributed by atoms with Crippen LogP contribution in [0, 0.1) is 13.8 Å². The number of rotatable bonds is 3. The smallest absolute Gasteiger partial charge is 0.331 e. The molecule has 23 heavy (non-hydrogen) atoms. The lowest BCUT2D eigenvalue weighted by atomic mass is 10.1. The summed E-state index contributed by atoms with van der Waals surface area (Å²) in [7, 11) is 0. The summed E-state index contributed by atoms with van der Waals surface area (Å²) in [5.74, 6) is 0. The quantitative estimate of drug-likeness (QED) is 0.563. The van der Waals surface area contributed by atoms with Gasteiger partial charge in [0.25, 0.3) is 0 Å². The number of halogens is 3. The van der Waals surface area contributed by atoms with Crippen molar-refractivity contribution >= 4 is 28.7 Å². The van der Waals surface area contributed by atoms with Crippen LogP contribution in [0.4, 0.5) is 24.5 Å². The van der Waals surface area contributed by atoms with Crippen LogP contribution in [0.25, 0.3) is 0 Å². The molecule has 0 amide bonds. The maximum absolute atomic E-state index is 12.7. The maximum Gasteiger partial charge on any atom is 0.416 e. The zero-order valence-electron chi connectivity index (χ0n) is 12.6. The maximum atomic E-state index is 12.7. The number of aryl methyl sites for hydroxylation is 2. The number of hydrogen-bond acceptors (Lipinski definition) is 2. The second-order valence-electron chi connectivity index (χ2n) is 5.10. The van der Waals surface area contributed by atoms with Gasteiger partial charge in [-0.25, -0.2) is 0 Å². The molecule has 0 saturated heterocycles. The highest BCUT2D eigenvalue weighted by Gasteiger charge is 2.30. The van der Waals surface area contributed by atoms with Crippen molar-refractivity contribution in [2.45, 2.75) is 20.0 Å². The normalized spacial score (nSPS) is 11.0. The summed E-state index contributed by atoms with van der Waals surface area (Å²) in [6.07, 6.45) is -4.38. The minimum absolute atomic E-state index is 0.260. The minimum Gasteiger partial charge on any atom is -0.331 e. The van der Waals surface area contributed by atoms with Gasteiger partial charge in [0.2, 0.25) is 0 Å². The van der Waals surface area contributed by atoms with E-state index < -0.39 is 11.7 Å². The van der Waals surface area contributed by atoms with Crippen LogP contribution in [0.3, 0.4) is 0 Å². The summed E-state index contributed by atoms with van der Waals surface area (Å²) in [5, 5.41) is 3.26. The molecule has 0 fully saturated rings. The molecule has 0 aliphatic rings. The molecule has 2 rings (SSSR count). The molecule has 0 aromatic heterocycles. The first-order chi connectivity index (χ1) is 10.8. The Hall–Kier alpha value is -2.28. The first-order valence-corrected chi connectivity index (χ1v) is 7.24. The fourth-order valence-corrected chi connectivity index (χ4v) is 2.09. The molecule has 0 aliphatic heterocycles. The Kier molecular flexibility index (Phi) is 5.10. The van der Waals surface area contributed by atoms with E-state index in [0.717, 1.165) is 28.9 Å². The molecule has 0 saturated carbocycles. The Bertz CT molecular complexity index is 714. The second-order valence-corrected chi connectivity index (χ2v) is 5.51. The number of nitrogens with one attached hydrogen (secondary N) is 3. The average molecular weight is 339 g/mol. The molecular weight excluding hydrogens is 323 g/mol. The van der Waals surface area contributed by atoms with Crippen LogP contribution in [0.2, 0.25) is 0 Å². The third-order valence-electron chi connectivity index (χ3n) is 3.15. The number of thiocarbonyl (C=S) groups is 1. The van der Waals surface area contributed by atoms with Gasteiger partial charge < -0.3 is 5.32 Å². The highest BCUT2D eigenvalue weighted by atomic mass is 32.1. The first kappa shape index (κ1) is 17.1. The van der Waals surface area contributed by atoms with E-state index in [1.165, 1.54) is 12.1 Å². The average Bonchev–Trinajstić information content (AvgIpc) is 2.48. The molecule has 0 heterocycles. The van der Waals surface area contributed by atoms with Crippen LogP contribution in [0.15, 0.2) is 42.5 Å². The molecule has 0 bridgehead atoms. The topological polar surface area (TPSA) is 36.1 Å². The van der Waals surface area contributed by atoms with Gasteiger partial charge in [-0.15, -0.1) is 0 Å². The predicted octanol–water partition coefficient (Wildman–Crippen LogP) is 4.64. The van der Waals surface area contributed by atoms with Gasteiger partial charge in [0, 0.05) is 5.69 Å². The summed E-state index contributed by atoms with van der Waals surface area (Å²) >= 11 is 5.14. The fraction of sp³-hybridized carbons (Fsp3) is 0.188. The van der Waals surface area contributed by atoms with Gasteiger partial charge >= 0.3 is 6.18 Å². The molecule has 0 unspecified atom stereocenters. The molecule has 2 aromatic rings. The third kappa shape index (κ3) is 4.85. The monoisotopic (exact) mass is 339 g/mol. The van der Waals surface area contributed by atoms with Gasteiger partial charge in [0.15, 0.2) is 5.11 Å². The SMILES string of the molecule is Cc1ccc(C)c(NC(=S)NNc2cccc(C(F)(F)F)c2)c1. The van der Waals surface area contributed by atoms with Crippen molar-refractivity contribution in [3.8, 4) is 0 Å². The van der Waals surface area contributed by atoms with Crippen molar-refractivity contribution < 1.29 is 13.2 Å². The number of hydrogen-bond donors (Lipinski definition) is 3. The lowest BCUT2D eigenvalue weighted by Crippen LogP contribution is -2.33. The van der Waals surface area contributed by atoms with Crippen LogP contribution in [0.5, 0.6) is 0 Å². The molecule has 0 spiro atoms. The fourth-order valence-electron chi connectivity index (χ4n) is 1.93. The van der Waals surface area contributed by atoms with Crippen molar-refractivity contribution in [2.24, 2.45) is 0 Å². The van der Waals surface area contributed by atoms with Crippen LogP contribution >= 0.6 is 12.2 Å². The summed E-state index contributed by atoms with van der Waals surface area (Å²) < 4.78 is 38.0. The van der Waals surface area contributed by atoms with Gasteiger partial charge in [-0.05, 0) is 61.5 Å². The summed E-state index contributed by atoms with van der Waals surface area (Å²) in [6.45, 7) is 3.90. The van der Waals surface area contributed by atoms with Gasteiger partial charge in [-0.1, -0.05) is 18.2 Å². The molecule has 3 nitrogen and oxygen atoms in total. The summed E-state index contributed by atoms with van der Waals surface area (Å²) in [6, 6.07) is 10.7. The second kappa shape index (κ2) is 6.87. The predicted molar refractivity (Wildman–Crippen MR) is 90.3 cm³/mol. The van der Waals surface area contributed by atoms with Crippen LogP contribution in [0.1, 0.15) is 16.7 Å². The van der Waals surface area contributed by atoms with Crippen molar-refractivity contribution in [2.75, 3.05) is 10.7 Å². The first-order valence-electron chi connectivity index (χ1n) is 6.83. The zero-order chi connectivity index (χ0) is 17.0. The van der Waals surface area contributed by atoms with E-state index >= 15 is 0 Å². The van der Waals surface area contributed by atoms with E-state index in [1.807, 2.05) is 32.0 Å². The Morgan fingerprint density at radius 3 is 2.48 bits per heavy atom. The van der Waals surface area contributed by atoms with E-state index in [1.54, 1.807) is 0 Å². The Balaban J connectivity index is 1.98. The Morgan fingerprint density at radius 1 is 1.04 bits per heavy atom. The number of alkyl halides is 3. The highest BCUT2D eigenvalue weighted by Crippen LogP contribution is 2.30. The van der Waals surface area contributed by atoms with Crippen molar-refractivity contribution in [1.29, 1.82) is 0 Å². The van der Waals surface area contributed by atoms with Crippen molar-refractivity contribution in [3.05, 3.63) is 59.2 Å². The van der Waals surface area contributed by atoms with Gasteiger partial charge in [-0.2, -0.15) is 13.2 Å². The molecule has 0 radical (unpaired) electrons. The largest absolute Gasteiger partial charge is 0.416 e. The lowest BCUT2D eigenvalue weighted by molar-refractivity contribution is -0.137. The Labute approximate surface area is 137 Å². The van der Waals surface area contributed by atoms with E-state index in [2.05, 4.69) is 16.2 Å². The van der Waals surface area contributed by atoms with E-state index in [0.29, 0.717) is 0 Å². The van der Waals surface area contributed by atoms with Gasteiger partial charge in [0.1, 0.15) is 0 Å². The summed E-state index contributed by atoms with van der Waals surface area (Å²) in [5.41, 5.74) is 7.81. The van der Waals surface area contributed by atoms with Crippen molar-refractivity contribution in [3.63, 3.8) is 0 Å². The number of anilines is 2. The molecule has 0 aliphatic carbocycles. The molecule has 2 aromatic carbocycles. The lowest BCUT2D eigenvalue weighted by Gasteiger charge is -2.15. The number of hydrazine groups is 1. The van der Waals surface area contributed by atoms with Gasteiger partial charge in [0.05, 0.1) is 11.3 Å². The van der Waals surface area contributed by atoms with Crippen LogP contribution in [-0.2, 0) is 6.18 Å². The molecular formula is C16H16F3N3S. The van der Waals surface area contributed by atoms with E-state index in [4.69, 9.17) is 12.2 Å². The van der Waals surface area contributed by atoms with Gasteiger partial charge in [-0.3, -0.25) is 10.9 Å². The standard InChI is InChI=1S/C16H16F3N3S/c1-10-6-7-11(2)14(8-10)20-15(23)22-21-13-5-3-4-12(9-13)16(17,18)19/h3-9,21H,1-2H3,(H2,20,22,23). The highest BCUT2D eigenvalue weighted by molar-refractivity contribution is 7.80. The Morgan fingerprint density at radius 2 is 1.78 bits per heavy atom. The molecule has 0 atom stereocenters. The van der Waals surface area contributed by atoms with E-state index in [-0.39, 0.29) is 10.8 Å². The number of benzene rings is 2. The minimum atomic E-state index is -4.38. The molecule has 122 valence electrons. The van der Waals surface area contributed by atoms with Crippen LogP contribution < -0.4 is 16.2 Å². The summed E-state index contributed by atoms with van der Waals surface area (Å²) in [4.78, 5) is 0. The molecule has 7 heteroatoms. The zero-order valence-corrected chi connectivity index (χ0v) is 13.4.